The molecule has 0 bridgehead atoms. The third-order valence-corrected chi connectivity index (χ3v) is 11.3. The van der Waals surface area contributed by atoms with Crippen LogP contribution in [-0.2, 0) is 25.4 Å². The van der Waals surface area contributed by atoms with Crippen LogP contribution < -0.4 is 28.6 Å². The van der Waals surface area contributed by atoms with Crippen molar-refractivity contribution in [2.45, 2.75) is 37.5 Å². The van der Waals surface area contributed by atoms with Crippen molar-refractivity contribution in [2.75, 3.05) is 67.6 Å². The fraction of sp³-hybridized carbons (Fsp3) is 0.439. The molecule has 2 fully saturated rings. The number of benzene rings is 3. The maximum Gasteiger partial charge on any atom is 0.519 e. The van der Waals surface area contributed by atoms with Crippen LogP contribution in [0, 0.1) is 17.8 Å². The number of carbonyl (C=O) groups is 3. The van der Waals surface area contributed by atoms with E-state index in [-0.39, 0.29) is 46.4 Å². The number of nitrogens with zero attached hydrogens (tertiary/aromatic N) is 2. The summed E-state index contributed by atoms with van der Waals surface area (Å²) in [6.07, 6.45) is -0.465. The number of methoxy groups -OCH3 is 5. The van der Waals surface area contributed by atoms with Gasteiger partial charge in [0.1, 0.15) is 23.7 Å². The third kappa shape index (κ3) is 7.23. The fourth-order valence-corrected chi connectivity index (χ4v) is 8.69. The van der Waals surface area contributed by atoms with Crippen molar-refractivity contribution in [1.29, 1.82) is 0 Å². The number of anilines is 1. The van der Waals surface area contributed by atoms with E-state index in [0.29, 0.717) is 19.4 Å². The van der Waals surface area contributed by atoms with Crippen molar-refractivity contribution in [2.24, 2.45) is 17.8 Å². The van der Waals surface area contributed by atoms with Crippen molar-refractivity contribution < 1.29 is 52.3 Å². The summed E-state index contributed by atoms with van der Waals surface area (Å²) in [6, 6.07) is 15.9. The standard InChI is InChI=1S/C41H47N3O11/c1-43(2)24-9-8-10-26(18-24)53-41(47)55-37-32(49-4)15-22(16-33(37)50-5)39(45)54-34-17-23-21-44-14-13-28-27-12-11-25(48-3)19-30(27)42-36(28)31(44)20-29(23)35(38(34)51-6)40(46)52-7/h8-12,15-16,18-19,23,29,31,34-35,38,42H,13-14,17,20-21H2,1-7H3/t23-,29+,31-,34-,35+,38+/m1/s1. The molecule has 292 valence electrons. The first-order chi connectivity index (χ1) is 26.6. The molecule has 3 aromatic carbocycles. The number of carbonyl (C=O) groups excluding carboxylic acids is 3. The average molecular weight is 758 g/mol. The number of aromatic amines is 1. The largest absolute Gasteiger partial charge is 0.519 e. The summed E-state index contributed by atoms with van der Waals surface area (Å²) in [5, 5.41) is 1.19. The van der Waals surface area contributed by atoms with Crippen molar-refractivity contribution >= 4 is 34.7 Å². The van der Waals surface area contributed by atoms with E-state index < -0.39 is 36.2 Å². The first-order valence-electron chi connectivity index (χ1n) is 18.2. The number of aromatic nitrogens is 1. The number of esters is 2. The number of hydrogen-bond acceptors (Lipinski definition) is 13. The monoisotopic (exact) mass is 757 g/mol. The lowest BCUT2D eigenvalue weighted by molar-refractivity contribution is -0.176. The summed E-state index contributed by atoms with van der Waals surface area (Å²) in [6.45, 7) is 1.58. The molecule has 1 saturated carbocycles. The van der Waals surface area contributed by atoms with Gasteiger partial charge in [-0.05, 0) is 73.1 Å². The molecule has 55 heavy (non-hydrogen) atoms. The van der Waals surface area contributed by atoms with E-state index in [4.69, 9.17) is 37.9 Å². The molecule has 2 aliphatic heterocycles. The second-order valence-electron chi connectivity index (χ2n) is 14.3. The highest BCUT2D eigenvalue weighted by molar-refractivity contribution is 5.92. The quantitative estimate of drug-likeness (QED) is 0.154. The number of nitrogens with one attached hydrogen (secondary N) is 1. The van der Waals surface area contributed by atoms with Crippen LogP contribution in [0.25, 0.3) is 10.9 Å². The molecule has 0 radical (unpaired) electrons. The molecule has 14 nitrogen and oxygen atoms in total. The zero-order valence-corrected chi connectivity index (χ0v) is 32.1. The van der Waals surface area contributed by atoms with Gasteiger partial charge in [-0.25, -0.2) is 9.59 Å². The molecular formula is C41H47N3O11. The van der Waals surface area contributed by atoms with Gasteiger partial charge >= 0.3 is 18.1 Å². The third-order valence-electron chi connectivity index (χ3n) is 11.3. The Kier molecular flexibility index (Phi) is 10.8. The van der Waals surface area contributed by atoms with Gasteiger partial charge in [0.05, 0.1) is 46.0 Å². The number of fused-ring (bicyclic) bond motifs is 6. The van der Waals surface area contributed by atoms with Gasteiger partial charge in [0.15, 0.2) is 11.5 Å². The molecule has 0 unspecified atom stereocenters. The summed E-state index contributed by atoms with van der Waals surface area (Å²) in [7, 11) is 11.0. The van der Waals surface area contributed by atoms with Crippen LogP contribution in [0.2, 0.25) is 0 Å². The van der Waals surface area contributed by atoms with Gasteiger partial charge in [-0.1, -0.05) is 6.07 Å². The van der Waals surface area contributed by atoms with Crippen LogP contribution in [0.5, 0.6) is 28.7 Å². The van der Waals surface area contributed by atoms with E-state index in [1.54, 1.807) is 25.3 Å². The predicted octanol–water partition coefficient (Wildman–Crippen LogP) is 5.81. The lowest BCUT2D eigenvalue weighted by atomic mass is 9.63. The molecule has 1 aliphatic carbocycles. The number of ether oxygens (including phenoxy) is 8. The lowest BCUT2D eigenvalue weighted by Crippen LogP contribution is -2.58. The Labute approximate surface area is 319 Å². The molecule has 3 aliphatic rings. The van der Waals surface area contributed by atoms with Gasteiger partial charge in [0.25, 0.3) is 0 Å². The van der Waals surface area contributed by atoms with Crippen molar-refractivity contribution in [3.05, 3.63) is 71.4 Å². The zero-order valence-electron chi connectivity index (χ0n) is 32.1. The Morgan fingerprint density at radius 1 is 0.855 bits per heavy atom. The smallest absolute Gasteiger partial charge is 0.497 e. The minimum absolute atomic E-state index is 0.0276. The average Bonchev–Trinajstić information content (AvgIpc) is 3.57. The van der Waals surface area contributed by atoms with Crippen molar-refractivity contribution in [1.82, 2.24) is 9.88 Å². The van der Waals surface area contributed by atoms with Crippen LogP contribution in [-0.4, -0.2) is 103 Å². The Morgan fingerprint density at radius 3 is 2.29 bits per heavy atom. The van der Waals surface area contributed by atoms with Gasteiger partial charge in [-0.2, -0.15) is 0 Å². The number of rotatable bonds is 10. The van der Waals surface area contributed by atoms with Crippen LogP contribution in [0.1, 0.15) is 40.5 Å². The van der Waals surface area contributed by atoms with E-state index >= 15 is 0 Å². The fourth-order valence-electron chi connectivity index (χ4n) is 8.69. The summed E-state index contributed by atoms with van der Waals surface area (Å²) in [5.41, 5.74) is 4.41. The highest BCUT2D eigenvalue weighted by Gasteiger charge is 2.54. The maximum absolute atomic E-state index is 13.9. The molecule has 6 atom stereocenters. The van der Waals surface area contributed by atoms with E-state index in [9.17, 15) is 14.4 Å². The molecule has 1 aromatic heterocycles. The number of H-pyrrole nitrogens is 1. The molecule has 0 amide bonds. The Bertz CT molecular complexity index is 2050. The lowest BCUT2D eigenvalue weighted by Gasteiger charge is -2.52. The molecule has 1 N–H and O–H groups in total. The first-order valence-corrected chi connectivity index (χ1v) is 18.2. The van der Waals surface area contributed by atoms with Gasteiger partial charge in [0, 0.05) is 68.7 Å². The second kappa shape index (κ2) is 15.7. The number of hydrogen-bond donors (Lipinski definition) is 1. The highest BCUT2D eigenvalue weighted by atomic mass is 16.7. The molecular weight excluding hydrogens is 710 g/mol. The molecule has 4 aromatic rings. The second-order valence-corrected chi connectivity index (χ2v) is 14.3. The highest BCUT2D eigenvalue weighted by Crippen LogP contribution is 2.51. The minimum atomic E-state index is -1.03. The van der Waals surface area contributed by atoms with Crippen LogP contribution in [0.15, 0.2) is 54.6 Å². The van der Waals surface area contributed by atoms with E-state index in [0.717, 1.165) is 29.9 Å². The normalized spacial score (nSPS) is 23.0. The van der Waals surface area contributed by atoms with Gasteiger partial charge < -0.3 is 47.8 Å². The molecule has 0 spiro atoms. The van der Waals surface area contributed by atoms with Crippen LogP contribution in [0.4, 0.5) is 10.5 Å². The predicted molar refractivity (Wildman–Crippen MR) is 202 cm³/mol. The maximum atomic E-state index is 13.9. The summed E-state index contributed by atoms with van der Waals surface area (Å²) < 4.78 is 45.0. The zero-order chi connectivity index (χ0) is 39.0. The van der Waals surface area contributed by atoms with Crippen molar-refractivity contribution in [3.8, 4) is 28.7 Å². The van der Waals surface area contributed by atoms with Gasteiger partial charge in [-0.15, -0.1) is 0 Å². The Morgan fingerprint density at radius 2 is 1.62 bits per heavy atom. The first kappa shape index (κ1) is 37.8. The van der Waals surface area contributed by atoms with E-state index in [2.05, 4.69) is 16.0 Å². The van der Waals surface area contributed by atoms with Crippen LogP contribution >= 0.6 is 0 Å². The summed E-state index contributed by atoms with van der Waals surface area (Å²) in [5.74, 6) is -0.743. The van der Waals surface area contributed by atoms with Crippen molar-refractivity contribution in [3.63, 3.8) is 0 Å². The SMILES string of the molecule is COC(=O)[C@H]1[C@H]2C[C@@H]3c4[nH]c5cc(OC)ccc5c4CCN3C[C@H]2C[C@@H](OC(=O)c2cc(OC)c(OC(=O)Oc3cccc(N(C)C)c3)c(OC)c2)[C@@H]1OC. The molecule has 14 heteroatoms. The molecule has 7 rings (SSSR count). The minimum Gasteiger partial charge on any atom is -0.497 e. The molecule has 3 heterocycles. The topological polar surface area (TPSA) is 147 Å². The van der Waals surface area contributed by atoms with E-state index in [1.165, 1.54) is 57.2 Å². The van der Waals surface area contributed by atoms with Crippen LogP contribution in [0.3, 0.4) is 0 Å². The number of piperidine rings is 1. The van der Waals surface area contributed by atoms with E-state index in [1.807, 2.05) is 37.2 Å². The van der Waals surface area contributed by atoms with Gasteiger partial charge in [-0.3, -0.25) is 9.69 Å². The summed E-state index contributed by atoms with van der Waals surface area (Å²) in [4.78, 5) is 48.4. The summed E-state index contributed by atoms with van der Waals surface area (Å²) >= 11 is 0. The Balaban J connectivity index is 1.11. The van der Waals surface area contributed by atoms with Gasteiger partial charge in [0.2, 0.25) is 5.75 Å². The Hall–Kier alpha value is -5.47. The molecule has 1 saturated heterocycles.